The molecule has 2 aliphatic rings. The molecule has 0 fully saturated rings. The van der Waals surface area contributed by atoms with Crippen LogP contribution in [-0.4, -0.2) is 16.0 Å². The van der Waals surface area contributed by atoms with E-state index in [1.807, 2.05) is 24.3 Å². The van der Waals surface area contributed by atoms with Crippen LogP contribution in [0.2, 0.25) is 0 Å². The van der Waals surface area contributed by atoms with Crippen molar-refractivity contribution >= 4 is 17.3 Å². The lowest BCUT2D eigenvalue weighted by molar-refractivity contribution is -0.384. The number of hydrogen-bond acceptors (Lipinski definition) is 4. The Morgan fingerprint density at radius 2 is 1.79 bits per heavy atom. The summed E-state index contributed by atoms with van der Waals surface area (Å²) in [5.74, 6) is -0.797. The number of nitro benzene ring substituents is 1. The van der Waals surface area contributed by atoms with Crippen LogP contribution in [0, 0.1) is 16.0 Å². The van der Waals surface area contributed by atoms with Gasteiger partial charge in [0, 0.05) is 18.1 Å². The minimum atomic E-state index is -0.989. The molecule has 1 aliphatic carbocycles. The molecule has 6 nitrogen and oxygen atoms in total. The number of carboxylic acids is 1. The quantitative estimate of drug-likeness (QED) is 0.500. The van der Waals surface area contributed by atoms with Crippen LogP contribution in [0.3, 0.4) is 0 Å². The Morgan fingerprint density at radius 3 is 2.59 bits per heavy atom. The van der Waals surface area contributed by atoms with E-state index in [0.29, 0.717) is 5.69 Å². The van der Waals surface area contributed by atoms with Gasteiger partial charge >= 0.3 is 5.97 Å². The number of fused-ring (bicyclic) bond motifs is 5. The Labute approximate surface area is 167 Å². The highest BCUT2D eigenvalue weighted by atomic mass is 16.6. The standard InChI is InChI=1S/C23H18N2O4/c26-23(27)18-10-4-9-17-20-16-8-2-1-5-13(16)12-19(20)21(24-22(17)18)14-6-3-7-15(11-14)25(28)29/h1-11,19-21,24H,12H2,(H,26,27)/t19-,20-,21-/m1/s1. The van der Waals surface area contributed by atoms with Crippen molar-refractivity contribution in [3.8, 4) is 0 Å². The highest BCUT2D eigenvalue weighted by Crippen LogP contribution is 2.54. The highest BCUT2D eigenvalue weighted by molar-refractivity contribution is 5.96. The van der Waals surface area contributed by atoms with Crippen molar-refractivity contribution in [3.63, 3.8) is 0 Å². The third-order valence-electron chi connectivity index (χ3n) is 6.10. The molecule has 5 rings (SSSR count). The largest absolute Gasteiger partial charge is 0.478 e. The Kier molecular flexibility index (Phi) is 3.87. The third-order valence-corrected chi connectivity index (χ3v) is 6.10. The van der Waals surface area contributed by atoms with E-state index >= 15 is 0 Å². The van der Waals surface area contributed by atoms with Crippen LogP contribution in [0.15, 0.2) is 66.7 Å². The van der Waals surface area contributed by atoms with Gasteiger partial charge in [-0.1, -0.05) is 48.5 Å². The minimum Gasteiger partial charge on any atom is -0.478 e. The molecule has 0 amide bonds. The summed E-state index contributed by atoms with van der Waals surface area (Å²) in [5, 5.41) is 24.4. The lowest BCUT2D eigenvalue weighted by Gasteiger charge is -2.38. The van der Waals surface area contributed by atoms with Gasteiger partial charge in [-0.2, -0.15) is 0 Å². The molecule has 29 heavy (non-hydrogen) atoms. The van der Waals surface area contributed by atoms with E-state index in [9.17, 15) is 20.0 Å². The number of benzene rings is 3. The Hall–Kier alpha value is -3.67. The maximum absolute atomic E-state index is 11.9. The number of rotatable bonds is 3. The van der Waals surface area contributed by atoms with E-state index in [2.05, 4.69) is 17.4 Å². The second kappa shape index (κ2) is 6.44. The SMILES string of the molecule is O=C(O)c1cccc2c1N[C@H](c1cccc([N+](=O)[O-])c1)[C@@H]1Cc3ccccc3[C@H]21. The van der Waals surface area contributed by atoms with Crippen molar-refractivity contribution < 1.29 is 14.8 Å². The Morgan fingerprint density at radius 1 is 1.03 bits per heavy atom. The van der Waals surface area contributed by atoms with Crippen molar-refractivity contribution in [1.82, 2.24) is 0 Å². The maximum atomic E-state index is 11.9. The lowest BCUT2D eigenvalue weighted by atomic mass is 9.75. The fourth-order valence-corrected chi connectivity index (χ4v) is 4.93. The van der Waals surface area contributed by atoms with Gasteiger partial charge in [-0.3, -0.25) is 10.1 Å². The lowest BCUT2D eigenvalue weighted by Crippen LogP contribution is -2.31. The first kappa shape index (κ1) is 17.4. The zero-order valence-electron chi connectivity index (χ0n) is 15.4. The smallest absolute Gasteiger partial charge is 0.337 e. The third kappa shape index (κ3) is 2.68. The molecule has 3 aromatic carbocycles. The van der Waals surface area contributed by atoms with Gasteiger partial charge in [0.15, 0.2) is 0 Å². The van der Waals surface area contributed by atoms with E-state index in [1.165, 1.54) is 17.2 Å². The number of nitrogens with one attached hydrogen (secondary N) is 1. The van der Waals surface area contributed by atoms with Gasteiger partial charge in [-0.05, 0) is 40.7 Å². The van der Waals surface area contributed by atoms with Gasteiger partial charge in [0.25, 0.3) is 5.69 Å². The Balaban J connectivity index is 1.71. The van der Waals surface area contributed by atoms with E-state index in [-0.39, 0.29) is 29.1 Å². The molecule has 3 atom stereocenters. The average molecular weight is 386 g/mol. The van der Waals surface area contributed by atoms with Crippen molar-refractivity contribution in [2.45, 2.75) is 18.4 Å². The molecule has 0 unspecified atom stereocenters. The van der Waals surface area contributed by atoms with E-state index < -0.39 is 10.9 Å². The zero-order valence-corrected chi connectivity index (χ0v) is 15.4. The topological polar surface area (TPSA) is 92.5 Å². The number of hydrogen-bond donors (Lipinski definition) is 2. The number of carboxylic acid groups (broad SMARTS) is 1. The van der Waals surface area contributed by atoms with Crippen LogP contribution in [0.1, 0.15) is 44.6 Å². The molecule has 6 heteroatoms. The van der Waals surface area contributed by atoms with Crippen LogP contribution in [0.25, 0.3) is 0 Å². The number of para-hydroxylation sites is 1. The molecule has 0 saturated heterocycles. The van der Waals surface area contributed by atoms with Crippen LogP contribution in [0.5, 0.6) is 0 Å². The summed E-state index contributed by atoms with van der Waals surface area (Å²) in [6.45, 7) is 0. The van der Waals surface area contributed by atoms with E-state index in [4.69, 9.17) is 0 Å². The second-order valence-corrected chi connectivity index (χ2v) is 7.59. The minimum absolute atomic E-state index is 0.0358. The molecule has 0 spiro atoms. The molecule has 0 radical (unpaired) electrons. The maximum Gasteiger partial charge on any atom is 0.337 e. The van der Waals surface area contributed by atoms with E-state index in [0.717, 1.165) is 17.5 Å². The van der Waals surface area contributed by atoms with Gasteiger partial charge in [-0.25, -0.2) is 4.79 Å². The number of nitro groups is 1. The number of nitrogens with zero attached hydrogens (tertiary/aromatic N) is 1. The van der Waals surface area contributed by atoms with Gasteiger partial charge in [-0.15, -0.1) is 0 Å². The molecule has 3 aromatic rings. The zero-order chi connectivity index (χ0) is 20.1. The molecule has 0 saturated carbocycles. The van der Waals surface area contributed by atoms with Crippen LogP contribution >= 0.6 is 0 Å². The number of non-ortho nitro benzene ring substituents is 1. The summed E-state index contributed by atoms with van der Waals surface area (Å²) in [6.07, 6.45) is 0.831. The first-order chi connectivity index (χ1) is 14.0. The summed E-state index contributed by atoms with van der Waals surface area (Å²) < 4.78 is 0. The summed E-state index contributed by atoms with van der Waals surface area (Å²) in [6, 6.07) is 20.0. The van der Waals surface area contributed by atoms with Crippen LogP contribution < -0.4 is 5.32 Å². The van der Waals surface area contributed by atoms with Crippen molar-refractivity contribution in [2.24, 2.45) is 5.92 Å². The summed E-state index contributed by atoms with van der Waals surface area (Å²) in [4.78, 5) is 22.8. The first-order valence-electron chi connectivity index (χ1n) is 9.49. The molecule has 0 bridgehead atoms. The second-order valence-electron chi connectivity index (χ2n) is 7.59. The molecule has 144 valence electrons. The van der Waals surface area contributed by atoms with Gasteiger partial charge in [0.05, 0.1) is 22.2 Å². The Bertz CT molecular complexity index is 1160. The predicted octanol–water partition coefficient (Wildman–Crippen LogP) is 4.76. The van der Waals surface area contributed by atoms with Gasteiger partial charge in [0.2, 0.25) is 0 Å². The number of anilines is 1. The molecule has 1 aliphatic heterocycles. The van der Waals surface area contributed by atoms with Crippen molar-refractivity contribution in [1.29, 1.82) is 0 Å². The summed E-state index contributed by atoms with van der Waals surface area (Å²) >= 11 is 0. The van der Waals surface area contributed by atoms with Crippen molar-refractivity contribution in [3.05, 3.63) is 105 Å². The fraction of sp³-hybridized carbons (Fsp3) is 0.174. The number of aromatic carboxylic acids is 1. The summed E-state index contributed by atoms with van der Waals surface area (Å²) in [5.41, 5.74) is 5.09. The highest BCUT2D eigenvalue weighted by Gasteiger charge is 2.44. The fourth-order valence-electron chi connectivity index (χ4n) is 4.93. The first-order valence-corrected chi connectivity index (χ1v) is 9.49. The molecular formula is C23H18N2O4. The normalized spacial score (nSPS) is 21.4. The monoisotopic (exact) mass is 386 g/mol. The van der Waals surface area contributed by atoms with Gasteiger partial charge < -0.3 is 10.4 Å². The van der Waals surface area contributed by atoms with Crippen molar-refractivity contribution in [2.75, 3.05) is 5.32 Å². The molecule has 2 N–H and O–H groups in total. The van der Waals surface area contributed by atoms with Crippen LogP contribution in [0.4, 0.5) is 11.4 Å². The van der Waals surface area contributed by atoms with Crippen LogP contribution in [-0.2, 0) is 6.42 Å². The molecule has 0 aromatic heterocycles. The number of carbonyl (C=O) groups is 1. The van der Waals surface area contributed by atoms with Gasteiger partial charge in [0.1, 0.15) is 0 Å². The summed E-state index contributed by atoms with van der Waals surface area (Å²) in [7, 11) is 0. The average Bonchev–Trinajstić information content (AvgIpc) is 3.12. The molecular weight excluding hydrogens is 368 g/mol. The predicted molar refractivity (Wildman–Crippen MR) is 108 cm³/mol. The molecule has 1 heterocycles. The van der Waals surface area contributed by atoms with E-state index in [1.54, 1.807) is 24.3 Å².